The third kappa shape index (κ3) is 34.8. The molecule has 0 saturated heterocycles. The van der Waals surface area contributed by atoms with Gasteiger partial charge in [-0.05, 0) is 278 Å². The zero-order valence-corrected chi connectivity index (χ0v) is 77.5. The van der Waals surface area contributed by atoms with Crippen LogP contribution in [0, 0.1) is 34.6 Å². The first-order valence-corrected chi connectivity index (χ1v) is 45.8. The minimum absolute atomic E-state index is 0.569. The fourth-order valence-electron chi connectivity index (χ4n) is 11.9. The first-order chi connectivity index (χ1) is 62.2. The van der Waals surface area contributed by atoms with Crippen LogP contribution < -0.4 is 42.5 Å². The Hall–Kier alpha value is -13.7. The molecule has 0 fully saturated rings. The number of H-pyrrole nitrogens is 3. The van der Waals surface area contributed by atoms with Crippen molar-refractivity contribution in [2.75, 3.05) is 94.9 Å². The van der Waals surface area contributed by atoms with E-state index in [9.17, 15) is 0 Å². The lowest BCUT2D eigenvalue weighted by molar-refractivity contribution is 0.533. The van der Waals surface area contributed by atoms with E-state index in [-0.39, 0.29) is 0 Å². The molecule has 0 unspecified atom stereocenters. The van der Waals surface area contributed by atoms with Crippen molar-refractivity contribution < 1.29 is 4.42 Å². The molecule has 25 heteroatoms. The first-order valence-electron chi connectivity index (χ1n) is 44.2. The minimum Gasteiger partial charge on any atom is -0.421 e. The molecule has 16 aromatic rings. The van der Waals surface area contributed by atoms with E-state index in [0.717, 1.165) is 221 Å². The molecule has 0 amide bonds. The summed E-state index contributed by atoms with van der Waals surface area (Å²) in [6.07, 6.45) is 20.0. The predicted molar refractivity (Wildman–Crippen MR) is 536 cm³/mol. The Balaban J connectivity index is 0.000000164. The van der Waals surface area contributed by atoms with Gasteiger partial charge in [0.25, 0.3) is 0 Å². The van der Waals surface area contributed by atoms with Gasteiger partial charge in [-0.3, -0.25) is 5.10 Å². The summed E-state index contributed by atoms with van der Waals surface area (Å²) >= 11 is 3.35. The molecule has 0 aliphatic heterocycles. The average molecular weight is 1740 g/mol. The van der Waals surface area contributed by atoms with Crippen LogP contribution in [-0.2, 0) is 0 Å². The lowest BCUT2D eigenvalue weighted by Gasteiger charge is -2.06. The van der Waals surface area contributed by atoms with Gasteiger partial charge in [-0.1, -0.05) is 109 Å². The summed E-state index contributed by atoms with van der Waals surface area (Å²) in [4.78, 5) is 33.1. The van der Waals surface area contributed by atoms with Crippen molar-refractivity contribution in [1.82, 2.24) is 70.5 Å². The molecule has 0 saturated carbocycles. The van der Waals surface area contributed by atoms with Gasteiger partial charge in [-0.25, -0.2) is 29.9 Å². The zero-order valence-electron chi connectivity index (χ0n) is 75.9. The Morgan fingerprint density at radius 3 is 1.02 bits per heavy atom. The topological polar surface area (TPSA) is 299 Å². The van der Waals surface area contributed by atoms with Gasteiger partial charge in [0.05, 0.1) is 0 Å². The van der Waals surface area contributed by atoms with E-state index in [0.29, 0.717) is 11.8 Å². The summed E-state index contributed by atoms with van der Waals surface area (Å²) in [6, 6.07) is 78.6. The number of thiazole rings is 1. The molecule has 7 heterocycles. The van der Waals surface area contributed by atoms with Crippen LogP contribution in [0.3, 0.4) is 0 Å². The van der Waals surface area contributed by atoms with Gasteiger partial charge < -0.3 is 56.9 Å². The second-order valence-corrected chi connectivity index (χ2v) is 32.0. The number of aromatic amines is 3. The Morgan fingerprint density at radius 1 is 0.307 bits per heavy atom. The van der Waals surface area contributed by atoms with Crippen molar-refractivity contribution >= 4 is 68.2 Å². The van der Waals surface area contributed by atoms with Crippen LogP contribution in [0.2, 0.25) is 0 Å². The summed E-state index contributed by atoms with van der Waals surface area (Å²) in [5.41, 5.74) is 20.5. The van der Waals surface area contributed by atoms with E-state index in [4.69, 9.17) is 4.42 Å². The molecule has 11 N–H and O–H groups in total. The van der Waals surface area contributed by atoms with E-state index in [1.54, 1.807) is 48.2 Å². The van der Waals surface area contributed by atoms with E-state index in [1.807, 2.05) is 100 Å². The smallest absolute Gasteiger partial charge is 0.247 e. The number of aromatic nitrogens is 14. The number of benzene rings is 9. The average Bonchev–Trinajstić information content (AvgIpc) is 1.77. The maximum absolute atomic E-state index is 5.35. The number of hydrogen-bond donors (Lipinski definition) is 11. The molecule has 0 spiro atoms. The van der Waals surface area contributed by atoms with Crippen LogP contribution >= 0.6 is 22.7 Å². The monoisotopic (exact) mass is 1740 g/mol. The molecule has 0 bridgehead atoms. The van der Waals surface area contributed by atoms with E-state index < -0.39 is 0 Å². The van der Waals surface area contributed by atoms with Gasteiger partial charge >= 0.3 is 0 Å². The van der Waals surface area contributed by atoms with Crippen molar-refractivity contribution in [2.45, 2.75) is 141 Å². The summed E-state index contributed by atoms with van der Waals surface area (Å²) in [5, 5.41) is 52.7. The van der Waals surface area contributed by atoms with E-state index in [1.165, 1.54) is 32.9 Å². The third-order valence-corrected chi connectivity index (χ3v) is 20.5. The highest BCUT2D eigenvalue weighted by atomic mass is 32.1. The van der Waals surface area contributed by atoms with Gasteiger partial charge in [-0.2, -0.15) is 5.10 Å². The molecule has 127 heavy (non-hydrogen) atoms. The highest BCUT2D eigenvalue weighted by molar-refractivity contribution is 7.15. The minimum atomic E-state index is 0.569. The Morgan fingerprint density at radius 2 is 0.685 bits per heavy atom. The van der Waals surface area contributed by atoms with Crippen LogP contribution in [0.15, 0.2) is 272 Å². The van der Waals surface area contributed by atoms with E-state index in [2.05, 4.69) is 345 Å². The molecule has 16 rings (SSSR count). The number of nitrogens with zero attached hydrogens (tertiary/aromatic N) is 11. The molecule has 0 aliphatic carbocycles. The number of nitrogens with one attached hydrogen (secondary N) is 11. The second kappa shape index (κ2) is 55.6. The largest absolute Gasteiger partial charge is 0.421 e. The molecule has 9 aromatic carbocycles. The quantitative estimate of drug-likeness (QED) is 0.0187. The molecule has 0 atom stereocenters. The number of hydrogen-bond acceptors (Lipinski definition) is 22. The van der Waals surface area contributed by atoms with Crippen LogP contribution in [0.5, 0.6) is 0 Å². The number of imidazole rings is 2. The summed E-state index contributed by atoms with van der Waals surface area (Å²) in [7, 11) is 0. The van der Waals surface area contributed by atoms with Gasteiger partial charge in [-0.15, -0.1) is 31.7 Å². The van der Waals surface area contributed by atoms with Crippen LogP contribution in [0.4, 0.5) is 45.5 Å². The lowest BCUT2D eigenvalue weighted by Crippen LogP contribution is -1.99. The molecule has 662 valence electrons. The Kier molecular flexibility index (Phi) is 42.5. The molecule has 0 radical (unpaired) electrons. The number of anilines is 8. The maximum Gasteiger partial charge on any atom is 0.247 e. The van der Waals surface area contributed by atoms with Crippen molar-refractivity contribution in [1.29, 1.82) is 0 Å². The normalized spacial score (nSPS) is 10.3. The zero-order chi connectivity index (χ0) is 89.8. The van der Waals surface area contributed by atoms with Crippen LogP contribution in [-0.4, -0.2) is 123 Å². The molecular weight excluding hydrogens is 1610 g/mol. The standard InChI is InChI=1S/C15H17N.C13H17N3.C13H15N3.C13H16N2S.C12H16N4.C12H15N3O.C12H15N3S.C12H15N3/c1-2-12-16-15-10-8-14(9-11-15)13-6-4-3-5-7-13;1-3-8-14-12-6-4-11(5-7-12)13-15-9-10(2)16-13;1-2-8-14-12-6-4-11(5-7-12)13-15-9-3-10-16-13;1-3-8-14-12-6-4-11(5-7-12)13-15-9-10(2)16-13;1-3-8-13-11-6-4-10(5-7-11)12-14-9(2)15-16-12;2*1-3-8-13-11-6-4-10(5-7-11)12-15-14-9(2)16-12;1-2-7-13-11-5-3-10(4-6-11)12-14-8-9-15-12/h3-11,16H,2,12H2,1H3;4-7,9,14H,3,8H2,1-2H3,(H,15,16);3-7,9-10,14H,2,8H2,1H3;4-7,9,14H,3,8H2,1-2H3;4-7,13H,3,8H2,1-2H3,(H,14,15,16);2*4-7,13H,3,8H2,1-2H3;3-6,8-9,13H,2,7H2,1H3,(H,14,15). The summed E-state index contributed by atoms with van der Waals surface area (Å²) in [6.45, 7) is 35.1. The van der Waals surface area contributed by atoms with Crippen molar-refractivity contribution in [3.05, 3.63) is 295 Å². The van der Waals surface area contributed by atoms with E-state index >= 15 is 0 Å². The fraction of sp³-hybridized carbons (Fsp3) is 0.284. The molecule has 0 aliphatic rings. The van der Waals surface area contributed by atoms with Gasteiger partial charge in [0.2, 0.25) is 11.8 Å². The highest BCUT2D eigenvalue weighted by Crippen LogP contribution is 2.29. The SMILES string of the molecule is CCCNc1ccc(-c2ccccc2)cc1.CCCNc1ccc(-c2n[nH]c(C)n2)cc1.CCCNc1ccc(-c2ncc(C)[nH]2)cc1.CCCNc1ccc(-c2ncc(C)s2)cc1.CCCNc1ccc(-c2ncc[nH]2)cc1.CCCNc1ccc(-c2ncccn2)cc1.CCCNc1ccc(-c2nnc(C)o2)cc1.CCCNc1ccc(-c2nnc(C)s2)cc1. The first kappa shape index (κ1) is 97.2. The number of rotatable bonds is 32. The van der Waals surface area contributed by atoms with Crippen molar-refractivity contribution in [2.24, 2.45) is 0 Å². The number of aryl methyl sites for hydroxylation is 5. The summed E-state index contributed by atoms with van der Waals surface area (Å²) < 4.78 is 5.35. The predicted octanol–water partition coefficient (Wildman–Crippen LogP) is 26.0. The fourth-order valence-corrected chi connectivity index (χ4v) is 13.4. The van der Waals surface area contributed by atoms with Gasteiger partial charge in [0, 0.05) is 191 Å². The second-order valence-electron chi connectivity index (χ2n) is 29.6. The highest BCUT2D eigenvalue weighted by Gasteiger charge is 2.10. The summed E-state index contributed by atoms with van der Waals surface area (Å²) in [5.74, 6) is 5.35. The Bertz CT molecular complexity index is 4950. The molecule has 7 aromatic heterocycles. The Labute approximate surface area is 758 Å². The van der Waals surface area contributed by atoms with Crippen molar-refractivity contribution in [3.63, 3.8) is 0 Å². The van der Waals surface area contributed by atoms with Crippen LogP contribution in [0.25, 0.3) is 89.3 Å². The lowest BCUT2D eigenvalue weighted by atomic mass is 10.1. The van der Waals surface area contributed by atoms with Gasteiger partial charge in [0.15, 0.2) is 11.6 Å². The maximum atomic E-state index is 5.35. The van der Waals surface area contributed by atoms with Gasteiger partial charge in [0.1, 0.15) is 32.5 Å². The molecular formula is C102H126N22OS2. The molecule has 23 nitrogen and oxygen atoms in total. The third-order valence-electron chi connectivity index (χ3n) is 18.7. The van der Waals surface area contributed by atoms with Crippen LogP contribution in [0.1, 0.15) is 134 Å². The van der Waals surface area contributed by atoms with Crippen molar-refractivity contribution in [3.8, 4) is 89.3 Å².